The van der Waals surface area contributed by atoms with Gasteiger partial charge in [0.15, 0.2) is 5.82 Å². The highest BCUT2D eigenvalue weighted by Crippen LogP contribution is 2.27. The van der Waals surface area contributed by atoms with Crippen LogP contribution in [0.1, 0.15) is 46.9 Å². The van der Waals surface area contributed by atoms with Crippen molar-refractivity contribution in [3.63, 3.8) is 0 Å². The van der Waals surface area contributed by atoms with E-state index in [0.717, 1.165) is 30.5 Å². The van der Waals surface area contributed by atoms with Crippen LogP contribution in [0.2, 0.25) is 0 Å². The Morgan fingerprint density at radius 1 is 1.43 bits per heavy atom. The quantitative estimate of drug-likeness (QED) is 0.869. The number of benzene rings is 1. The lowest BCUT2D eigenvalue weighted by Crippen LogP contribution is -2.29. The van der Waals surface area contributed by atoms with E-state index in [1.807, 2.05) is 36.1 Å². The third-order valence-electron chi connectivity index (χ3n) is 4.00. The maximum atomic E-state index is 12.7. The fraction of sp³-hybridized carbons (Fsp3) is 0.438. The molecule has 0 spiro atoms. The Balaban J connectivity index is 1.75. The number of aryl methyl sites for hydroxylation is 2. The van der Waals surface area contributed by atoms with Gasteiger partial charge in [0.1, 0.15) is 0 Å². The fourth-order valence-electron chi connectivity index (χ4n) is 2.83. The average molecular weight is 285 g/mol. The predicted octanol–water partition coefficient (Wildman–Crippen LogP) is 2.57. The second-order valence-electron chi connectivity index (χ2n) is 5.43. The molecule has 1 atom stereocenters. The van der Waals surface area contributed by atoms with Gasteiger partial charge in [-0.25, -0.2) is 0 Å². The smallest absolute Gasteiger partial charge is 0.254 e. The first-order chi connectivity index (χ1) is 10.2. The number of aromatic nitrogens is 2. The Morgan fingerprint density at radius 2 is 2.24 bits per heavy atom. The lowest BCUT2D eigenvalue weighted by atomic mass is 10.0. The molecule has 0 N–H and O–H groups in total. The number of likely N-dealkylation sites (tertiary alicyclic amines) is 1. The van der Waals surface area contributed by atoms with Crippen LogP contribution >= 0.6 is 0 Å². The summed E-state index contributed by atoms with van der Waals surface area (Å²) in [5.41, 5.74) is 1.90. The van der Waals surface area contributed by atoms with Crippen LogP contribution in [0.25, 0.3) is 0 Å². The molecule has 3 rings (SSSR count). The van der Waals surface area contributed by atoms with Crippen LogP contribution in [-0.2, 0) is 6.42 Å². The SMILES string of the molecule is CCc1ccccc1C(=O)N1CCC(c2nc(C)no2)C1. The van der Waals surface area contributed by atoms with E-state index in [2.05, 4.69) is 17.1 Å². The minimum absolute atomic E-state index is 0.103. The van der Waals surface area contributed by atoms with Crippen molar-refractivity contribution in [3.05, 3.63) is 47.1 Å². The van der Waals surface area contributed by atoms with E-state index in [1.165, 1.54) is 0 Å². The molecule has 0 aliphatic carbocycles. The summed E-state index contributed by atoms with van der Waals surface area (Å²) in [4.78, 5) is 18.8. The lowest BCUT2D eigenvalue weighted by Gasteiger charge is -2.17. The summed E-state index contributed by atoms with van der Waals surface area (Å²) in [5, 5.41) is 3.83. The summed E-state index contributed by atoms with van der Waals surface area (Å²) in [6.07, 6.45) is 1.74. The fourth-order valence-corrected chi connectivity index (χ4v) is 2.83. The molecule has 1 fully saturated rings. The van der Waals surface area contributed by atoms with E-state index in [9.17, 15) is 4.79 Å². The summed E-state index contributed by atoms with van der Waals surface area (Å²) < 4.78 is 5.23. The van der Waals surface area contributed by atoms with Gasteiger partial charge in [0.2, 0.25) is 5.89 Å². The standard InChI is InChI=1S/C16H19N3O2/c1-3-12-6-4-5-7-14(12)16(20)19-9-8-13(10-19)15-17-11(2)18-21-15/h4-7,13H,3,8-10H2,1-2H3. The number of carbonyl (C=O) groups is 1. The van der Waals surface area contributed by atoms with Gasteiger partial charge in [0, 0.05) is 18.7 Å². The van der Waals surface area contributed by atoms with E-state index in [4.69, 9.17) is 4.52 Å². The molecule has 5 nitrogen and oxygen atoms in total. The maximum Gasteiger partial charge on any atom is 0.254 e. The van der Waals surface area contributed by atoms with Crippen molar-refractivity contribution in [3.8, 4) is 0 Å². The molecule has 110 valence electrons. The maximum absolute atomic E-state index is 12.7. The number of hydrogen-bond donors (Lipinski definition) is 0. The van der Waals surface area contributed by atoms with E-state index in [0.29, 0.717) is 18.3 Å². The van der Waals surface area contributed by atoms with Gasteiger partial charge in [0.05, 0.1) is 5.92 Å². The van der Waals surface area contributed by atoms with Crippen LogP contribution < -0.4 is 0 Å². The van der Waals surface area contributed by atoms with Gasteiger partial charge in [-0.15, -0.1) is 0 Å². The van der Waals surface area contributed by atoms with Crippen molar-refractivity contribution in [1.29, 1.82) is 0 Å². The molecule has 1 aliphatic rings. The van der Waals surface area contributed by atoms with Gasteiger partial charge in [0.25, 0.3) is 5.91 Å². The normalized spacial score (nSPS) is 18.2. The zero-order valence-electron chi connectivity index (χ0n) is 12.4. The van der Waals surface area contributed by atoms with Crippen LogP contribution in [-0.4, -0.2) is 34.0 Å². The number of hydrogen-bond acceptors (Lipinski definition) is 4. The first-order valence-corrected chi connectivity index (χ1v) is 7.36. The van der Waals surface area contributed by atoms with E-state index in [-0.39, 0.29) is 11.8 Å². The van der Waals surface area contributed by atoms with Crippen molar-refractivity contribution in [2.45, 2.75) is 32.6 Å². The molecule has 1 amide bonds. The van der Waals surface area contributed by atoms with E-state index < -0.39 is 0 Å². The van der Waals surface area contributed by atoms with E-state index in [1.54, 1.807) is 0 Å². The molecule has 2 aromatic rings. The van der Waals surface area contributed by atoms with Gasteiger partial charge in [-0.2, -0.15) is 4.98 Å². The monoisotopic (exact) mass is 285 g/mol. The highest BCUT2D eigenvalue weighted by Gasteiger charge is 2.31. The Morgan fingerprint density at radius 3 is 2.95 bits per heavy atom. The van der Waals surface area contributed by atoms with Gasteiger partial charge in [-0.3, -0.25) is 4.79 Å². The van der Waals surface area contributed by atoms with Crippen molar-refractivity contribution < 1.29 is 9.32 Å². The summed E-state index contributed by atoms with van der Waals surface area (Å²) >= 11 is 0. The molecule has 1 aromatic heterocycles. The average Bonchev–Trinajstić information content (AvgIpc) is 3.15. The molecule has 1 aromatic carbocycles. The highest BCUT2D eigenvalue weighted by atomic mass is 16.5. The molecular weight excluding hydrogens is 266 g/mol. The summed E-state index contributed by atoms with van der Waals surface area (Å²) in [5.74, 6) is 1.55. The van der Waals surface area contributed by atoms with Crippen molar-refractivity contribution in [2.24, 2.45) is 0 Å². The summed E-state index contributed by atoms with van der Waals surface area (Å²) in [6, 6.07) is 7.82. The molecule has 2 heterocycles. The molecule has 0 saturated carbocycles. The largest absolute Gasteiger partial charge is 0.339 e. The first-order valence-electron chi connectivity index (χ1n) is 7.36. The molecule has 5 heteroatoms. The molecule has 1 aliphatic heterocycles. The van der Waals surface area contributed by atoms with Crippen LogP contribution in [0.15, 0.2) is 28.8 Å². The van der Waals surface area contributed by atoms with Crippen LogP contribution in [0, 0.1) is 6.92 Å². The number of rotatable bonds is 3. The Hall–Kier alpha value is -2.17. The van der Waals surface area contributed by atoms with E-state index >= 15 is 0 Å². The van der Waals surface area contributed by atoms with Crippen molar-refractivity contribution in [1.82, 2.24) is 15.0 Å². The summed E-state index contributed by atoms with van der Waals surface area (Å²) in [6.45, 7) is 5.27. The lowest BCUT2D eigenvalue weighted by molar-refractivity contribution is 0.0788. The first kappa shape index (κ1) is 13.8. The molecule has 21 heavy (non-hydrogen) atoms. The Kier molecular flexibility index (Phi) is 3.73. The zero-order valence-corrected chi connectivity index (χ0v) is 12.4. The second-order valence-corrected chi connectivity index (χ2v) is 5.43. The highest BCUT2D eigenvalue weighted by molar-refractivity contribution is 5.95. The van der Waals surface area contributed by atoms with Crippen LogP contribution in [0.4, 0.5) is 0 Å². The van der Waals surface area contributed by atoms with Gasteiger partial charge in [-0.1, -0.05) is 30.3 Å². The van der Waals surface area contributed by atoms with Gasteiger partial charge >= 0.3 is 0 Å². The van der Waals surface area contributed by atoms with Gasteiger partial charge in [-0.05, 0) is 31.4 Å². The number of nitrogens with zero attached hydrogens (tertiary/aromatic N) is 3. The predicted molar refractivity (Wildman–Crippen MR) is 78.1 cm³/mol. The second kappa shape index (κ2) is 5.68. The van der Waals surface area contributed by atoms with Crippen LogP contribution in [0.3, 0.4) is 0 Å². The summed E-state index contributed by atoms with van der Waals surface area (Å²) in [7, 11) is 0. The topological polar surface area (TPSA) is 59.2 Å². The molecule has 1 saturated heterocycles. The van der Waals surface area contributed by atoms with Crippen molar-refractivity contribution >= 4 is 5.91 Å². The minimum Gasteiger partial charge on any atom is -0.339 e. The van der Waals surface area contributed by atoms with Crippen LogP contribution in [0.5, 0.6) is 0 Å². The number of amides is 1. The minimum atomic E-state index is 0.103. The molecular formula is C16H19N3O2. The Labute approximate surface area is 124 Å². The molecule has 0 radical (unpaired) electrons. The van der Waals surface area contributed by atoms with Crippen molar-refractivity contribution in [2.75, 3.05) is 13.1 Å². The zero-order chi connectivity index (χ0) is 14.8. The molecule has 0 bridgehead atoms. The third-order valence-corrected chi connectivity index (χ3v) is 4.00. The van der Waals surface area contributed by atoms with Gasteiger partial charge < -0.3 is 9.42 Å². The Bertz CT molecular complexity index is 650. The third kappa shape index (κ3) is 2.68. The number of carbonyl (C=O) groups excluding carboxylic acids is 1. The molecule has 1 unspecified atom stereocenters.